The molecule has 0 heterocycles. The zero-order chi connectivity index (χ0) is 26.2. The van der Waals surface area contributed by atoms with Gasteiger partial charge in [-0.25, -0.2) is 23.2 Å². The van der Waals surface area contributed by atoms with Gasteiger partial charge in [-0.1, -0.05) is 36.4 Å². The average Bonchev–Trinajstić information content (AvgIpc) is 2.79. The van der Waals surface area contributed by atoms with E-state index in [1.807, 2.05) is 0 Å². The summed E-state index contributed by atoms with van der Waals surface area (Å²) >= 11 is 0. The van der Waals surface area contributed by atoms with Crippen molar-refractivity contribution in [1.82, 2.24) is 0 Å². The molecule has 0 atom stereocenters. The molecule has 0 radical (unpaired) electrons. The van der Waals surface area contributed by atoms with Crippen LogP contribution in [0.5, 0.6) is 0 Å². The van der Waals surface area contributed by atoms with Crippen molar-refractivity contribution in [2.45, 2.75) is 0 Å². The molecule has 0 aliphatic heterocycles. The van der Waals surface area contributed by atoms with Crippen LogP contribution in [0.15, 0.2) is 90.6 Å². The van der Waals surface area contributed by atoms with Gasteiger partial charge in [-0.3, -0.25) is 0 Å². The van der Waals surface area contributed by atoms with Crippen LogP contribution in [-0.4, -0.2) is 52.6 Å². The molecular formula is C27H32ClN3O4. The zero-order valence-electron chi connectivity index (χ0n) is 20.9. The summed E-state index contributed by atoms with van der Waals surface area (Å²) in [6, 6.07) is 17.5. The van der Waals surface area contributed by atoms with Crippen LogP contribution in [-0.2, 0) is 0 Å². The molecule has 0 saturated heterocycles. The van der Waals surface area contributed by atoms with Gasteiger partial charge in [0, 0.05) is 51.7 Å². The van der Waals surface area contributed by atoms with Crippen LogP contribution in [0, 0.1) is 10.2 Å². The van der Waals surface area contributed by atoms with E-state index in [0.717, 1.165) is 0 Å². The summed E-state index contributed by atoms with van der Waals surface area (Å²) in [5.41, 5.74) is 8.41. The van der Waals surface area contributed by atoms with Gasteiger partial charge in [-0.05, 0) is 58.7 Å². The molecule has 0 unspecified atom stereocenters. The molecule has 1 aliphatic carbocycles. The Morgan fingerprint density at radius 2 is 1.06 bits per heavy atom. The fourth-order valence-corrected chi connectivity index (χ4v) is 3.30. The second-order valence-electron chi connectivity index (χ2n) is 8.49. The van der Waals surface area contributed by atoms with Crippen molar-refractivity contribution < 1.29 is 33.5 Å². The van der Waals surface area contributed by atoms with E-state index < -0.39 is 10.2 Å². The molecule has 186 valence electrons. The van der Waals surface area contributed by atoms with E-state index in [-0.39, 0.29) is 0 Å². The quantitative estimate of drug-likeness (QED) is 0.549. The Balaban J connectivity index is 0.000000784. The van der Waals surface area contributed by atoms with Crippen LogP contribution in [0.4, 0.5) is 11.4 Å². The lowest BCUT2D eigenvalue weighted by Crippen LogP contribution is -2.68. The smallest absolute Gasteiger partial charge is 0.199 e. The van der Waals surface area contributed by atoms with Crippen LogP contribution in [0.2, 0.25) is 0 Å². The normalized spacial score (nSPS) is 12.5. The van der Waals surface area contributed by atoms with Crippen molar-refractivity contribution in [3.8, 4) is 0 Å². The van der Waals surface area contributed by atoms with Gasteiger partial charge >= 0.3 is 0 Å². The lowest BCUT2D eigenvalue weighted by Gasteiger charge is -2.17. The number of hydrogen-bond acceptors (Lipinski definition) is 6. The van der Waals surface area contributed by atoms with E-state index in [0.29, 0.717) is 0 Å². The Bertz CT molecular complexity index is 1060. The maximum Gasteiger partial charge on any atom is 0.199 e. The van der Waals surface area contributed by atoms with E-state index in [2.05, 4.69) is 142 Å². The summed E-state index contributed by atoms with van der Waals surface area (Å²) < 4.78 is 36.1. The van der Waals surface area contributed by atoms with Gasteiger partial charge in [0.05, 0.1) is 0 Å². The number of halogens is 1. The largest absolute Gasteiger partial charge is 0.378 e. The first-order valence-corrected chi connectivity index (χ1v) is 12.1. The number of nitrogens with zero attached hydrogens (tertiary/aromatic N) is 3. The number of allylic oxidation sites excluding steroid dienone is 7. The lowest BCUT2D eigenvalue weighted by atomic mass is 9.96. The van der Waals surface area contributed by atoms with Crippen molar-refractivity contribution in [2.24, 2.45) is 0 Å². The molecule has 0 fully saturated rings. The Labute approximate surface area is 209 Å². The second-order valence-corrected chi connectivity index (χ2v) is 9.25. The monoisotopic (exact) mass is 497 g/mol. The zero-order valence-corrected chi connectivity index (χ0v) is 21.7. The molecule has 0 bridgehead atoms. The van der Waals surface area contributed by atoms with Gasteiger partial charge in [0.1, 0.15) is 14.1 Å². The van der Waals surface area contributed by atoms with Gasteiger partial charge in [-0.2, -0.15) is 0 Å². The summed E-state index contributed by atoms with van der Waals surface area (Å²) in [6.07, 6.45) is 13.0. The average molecular weight is 498 g/mol. The molecule has 0 N–H and O–H groups in total. The minimum atomic E-state index is -4.94. The predicted octanol–water partition coefficient (Wildman–Crippen LogP) is 0.260. The third-order valence-corrected chi connectivity index (χ3v) is 5.24. The first kappa shape index (κ1) is 28.0. The van der Waals surface area contributed by atoms with E-state index in [1.165, 1.54) is 39.4 Å². The van der Waals surface area contributed by atoms with Crippen molar-refractivity contribution in [3.63, 3.8) is 0 Å². The van der Waals surface area contributed by atoms with Crippen molar-refractivity contribution >= 4 is 22.7 Å². The SMILES string of the molecule is CN(C)c1ccc(C(=CC=C2C=CC(=[N+](C)C)C=C2)c2ccc(N(C)C)cc2)cc1.[O-][Cl+3]([O-])([O-])[O-]. The van der Waals surface area contributed by atoms with E-state index in [1.54, 1.807) is 0 Å². The Hall–Kier alpha value is -3.20. The molecule has 2 aromatic rings. The van der Waals surface area contributed by atoms with Crippen molar-refractivity contribution in [1.29, 1.82) is 0 Å². The van der Waals surface area contributed by atoms with Crippen LogP contribution in [0.3, 0.4) is 0 Å². The molecular weight excluding hydrogens is 466 g/mol. The third-order valence-electron chi connectivity index (χ3n) is 5.24. The highest BCUT2D eigenvalue weighted by Gasteiger charge is 2.08. The highest BCUT2D eigenvalue weighted by molar-refractivity contribution is 6.02. The molecule has 0 spiro atoms. The topological polar surface area (TPSA) is 102 Å². The van der Waals surface area contributed by atoms with Crippen LogP contribution < -0.4 is 28.4 Å². The summed E-state index contributed by atoms with van der Waals surface area (Å²) in [7, 11) is 7.44. The molecule has 0 aromatic heterocycles. The molecule has 2 aromatic carbocycles. The second kappa shape index (κ2) is 12.5. The molecule has 8 heteroatoms. The molecule has 0 amide bonds. The molecule has 7 nitrogen and oxygen atoms in total. The number of hydrogen-bond donors (Lipinski definition) is 0. The van der Waals surface area contributed by atoms with E-state index in [4.69, 9.17) is 18.6 Å². The van der Waals surface area contributed by atoms with Gasteiger partial charge in [-0.15, -0.1) is 10.2 Å². The highest BCUT2D eigenvalue weighted by atomic mass is 35.7. The van der Waals surface area contributed by atoms with Gasteiger partial charge in [0.2, 0.25) is 0 Å². The number of rotatable bonds is 5. The van der Waals surface area contributed by atoms with Crippen LogP contribution in [0.25, 0.3) is 5.57 Å². The fraction of sp³-hybridized carbons (Fsp3) is 0.222. The fourth-order valence-electron chi connectivity index (χ4n) is 3.30. The van der Waals surface area contributed by atoms with E-state index in [9.17, 15) is 0 Å². The maximum atomic E-state index is 8.49. The summed E-state index contributed by atoms with van der Waals surface area (Å²) in [5.74, 6) is 0. The Morgan fingerprint density at radius 1 is 0.686 bits per heavy atom. The first-order chi connectivity index (χ1) is 16.3. The molecule has 1 aliphatic rings. The van der Waals surface area contributed by atoms with Crippen LogP contribution in [0.1, 0.15) is 11.1 Å². The van der Waals surface area contributed by atoms with Gasteiger partial charge in [0.25, 0.3) is 0 Å². The molecule has 35 heavy (non-hydrogen) atoms. The standard InChI is InChI=1S/C27H32N3.ClHO4/c1-28(2)24-14-7-21(8-15-24)9-20-27(22-10-16-25(17-11-22)29(3)4)23-12-18-26(19-13-23)30(5)6;2-1(3,4)5/h7-20H,1-6H3;(H,2,3,4,5)/q+1;/p-1. The minimum Gasteiger partial charge on any atom is -0.378 e. The van der Waals surface area contributed by atoms with Crippen molar-refractivity contribution in [3.05, 3.63) is 102 Å². The molecule has 3 rings (SSSR count). The van der Waals surface area contributed by atoms with E-state index >= 15 is 0 Å². The third kappa shape index (κ3) is 9.52. The van der Waals surface area contributed by atoms with Gasteiger partial charge in [0.15, 0.2) is 5.71 Å². The Morgan fingerprint density at radius 3 is 1.37 bits per heavy atom. The highest BCUT2D eigenvalue weighted by Crippen LogP contribution is 2.27. The van der Waals surface area contributed by atoms with Crippen molar-refractivity contribution in [2.75, 3.05) is 52.1 Å². The molecule has 0 saturated carbocycles. The lowest BCUT2D eigenvalue weighted by molar-refractivity contribution is -2.00. The predicted molar refractivity (Wildman–Crippen MR) is 132 cm³/mol. The van der Waals surface area contributed by atoms with Crippen LogP contribution >= 0.6 is 0 Å². The Kier molecular flexibility index (Phi) is 10.0. The first-order valence-electron chi connectivity index (χ1n) is 10.8. The number of benzene rings is 2. The summed E-state index contributed by atoms with van der Waals surface area (Å²) in [6.45, 7) is 0. The maximum absolute atomic E-state index is 8.49. The summed E-state index contributed by atoms with van der Waals surface area (Å²) in [5, 5.41) is 0. The van der Waals surface area contributed by atoms with Gasteiger partial charge < -0.3 is 9.80 Å². The minimum absolute atomic E-state index is 1.19. The number of anilines is 2. The summed E-state index contributed by atoms with van der Waals surface area (Å²) in [4.78, 5) is 4.24.